The second-order valence-electron chi connectivity index (χ2n) is 7.09. The molecule has 2 N–H and O–H groups in total. The Labute approximate surface area is 173 Å². The molecule has 1 saturated heterocycles. The number of anilines is 1. The van der Waals surface area contributed by atoms with Crippen molar-refractivity contribution in [3.63, 3.8) is 0 Å². The van der Waals surface area contributed by atoms with Crippen molar-refractivity contribution >= 4 is 29.4 Å². The van der Waals surface area contributed by atoms with E-state index in [4.69, 9.17) is 10.5 Å². The summed E-state index contributed by atoms with van der Waals surface area (Å²) in [6, 6.07) is 5.38. The quantitative estimate of drug-likeness (QED) is 0.445. The van der Waals surface area contributed by atoms with Crippen molar-refractivity contribution in [1.29, 1.82) is 5.26 Å². The van der Waals surface area contributed by atoms with Gasteiger partial charge in [0.15, 0.2) is 0 Å². The molecule has 0 saturated carbocycles. The monoisotopic (exact) mass is 409 g/mol. The second kappa shape index (κ2) is 8.78. The molecule has 156 valence electrons. The molecule has 0 bridgehead atoms. The molecule has 0 aliphatic carbocycles. The molecule has 0 unspecified atom stereocenters. The van der Waals surface area contributed by atoms with Gasteiger partial charge < -0.3 is 15.4 Å². The maximum atomic E-state index is 13.3. The maximum Gasteiger partial charge on any atom is 0.348 e. The van der Waals surface area contributed by atoms with Gasteiger partial charge in [-0.05, 0) is 44.4 Å². The first kappa shape index (κ1) is 21.0. The Hall–Kier alpha value is -3.67. The fraction of sp³-hybridized carbons (Fsp3) is 0.381. The van der Waals surface area contributed by atoms with Crippen LogP contribution in [0.1, 0.15) is 30.9 Å². The molecule has 3 rings (SSSR count). The molecule has 2 aromatic heterocycles. The number of hydrogen-bond acceptors (Lipinski definition) is 7. The lowest BCUT2D eigenvalue weighted by Crippen LogP contribution is -2.40. The number of aromatic nitrogens is 2. The summed E-state index contributed by atoms with van der Waals surface area (Å²) in [7, 11) is 0. The minimum atomic E-state index is -0.799. The highest BCUT2D eigenvalue weighted by atomic mass is 16.5. The second-order valence-corrected chi connectivity index (χ2v) is 7.09. The lowest BCUT2D eigenvalue weighted by Gasteiger charge is -2.32. The molecule has 30 heavy (non-hydrogen) atoms. The van der Waals surface area contributed by atoms with Gasteiger partial charge >= 0.3 is 5.97 Å². The van der Waals surface area contributed by atoms with Gasteiger partial charge in [0, 0.05) is 25.2 Å². The number of amides is 1. The Morgan fingerprint density at radius 2 is 2.10 bits per heavy atom. The van der Waals surface area contributed by atoms with Gasteiger partial charge in [-0.2, -0.15) is 5.26 Å². The number of carbonyl (C=O) groups excluding carboxylic acids is 2. The zero-order chi connectivity index (χ0) is 21.8. The predicted octanol–water partition coefficient (Wildman–Crippen LogP) is 1.17. The van der Waals surface area contributed by atoms with Crippen molar-refractivity contribution in [2.75, 3.05) is 24.6 Å². The van der Waals surface area contributed by atoms with E-state index in [0.717, 1.165) is 5.56 Å². The van der Waals surface area contributed by atoms with Gasteiger partial charge in [0.05, 0.1) is 12.2 Å². The number of hydrogen-bond donors (Lipinski definition) is 1. The van der Waals surface area contributed by atoms with Crippen molar-refractivity contribution in [1.82, 2.24) is 9.38 Å². The van der Waals surface area contributed by atoms with Crippen LogP contribution >= 0.6 is 0 Å². The summed E-state index contributed by atoms with van der Waals surface area (Å²) in [4.78, 5) is 43.4. The molecule has 2 aromatic rings. The highest BCUT2D eigenvalue weighted by Crippen LogP contribution is 2.26. The van der Waals surface area contributed by atoms with Crippen LogP contribution < -0.4 is 16.2 Å². The molecule has 0 atom stereocenters. The molecule has 0 aromatic carbocycles. The summed E-state index contributed by atoms with van der Waals surface area (Å²) in [5.74, 6) is -0.995. The van der Waals surface area contributed by atoms with Gasteiger partial charge in [-0.1, -0.05) is 6.07 Å². The van der Waals surface area contributed by atoms with E-state index in [1.807, 2.05) is 17.9 Å². The standard InChI is InChI=1S/C21H23N5O4/c1-3-30-21(29)15(12-22)11-16-19(25-9-6-14(7-10-25)17(23)27)24-18-13(2)5-4-8-26(18)20(16)28/h4-5,8,11,14H,3,6-7,9-10H2,1-2H3,(H2,23,27). The molecule has 0 radical (unpaired) electrons. The van der Waals surface area contributed by atoms with Gasteiger partial charge in [-0.25, -0.2) is 9.78 Å². The third kappa shape index (κ3) is 4.03. The minimum absolute atomic E-state index is 0.111. The summed E-state index contributed by atoms with van der Waals surface area (Å²) >= 11 is 0. The lowest BCUT2D eigenvalue weighted by molar-refractivity contribution is -0.137. The van der Waals surface area contributed by atoms with Crippen LogP contribution in [0.4, 0.5) is 5.82 Å². The first-order valence-corrected chi connectivity index (χ1v) is 9.72. The van der Waals surface area contributed by atoms with Crippen LogP contribution in [0, 0.1) is 24.2 Å². The largest absolute Gasteiger partial charge is 0.462 e. The van der Waals surface area contributed by atoms with E-state index in [1.54, 1.807) is 25.3 Å². The van der Waals surface area contributed by atoms with Crippen molar-refractivity contribution in [3.05, 3.63) is 45.4 Å². The molecular formula is C21H23N5O4. The van der Waals surface area contributed by atoms with E-state index in [-0.39, 0.29) is 29.6 Å². The summed E-state index contributed by atoms with van der Waals surface area (Å²) in [6.45, 7) is 4.55. The highest BCUT2D eigenvalue weighted by Gasteiger charge is 2.27. The molecule has 9 heteroatoms. The summed E-state index contributed by atoms with van der Waals surface area (Å²) in [5, 5.41) is 9.42. The third-order valence-corrected chi connectivity index (χ3v) is 5.17. The van der Waals surface area contributed by atoms with Crippen molar-refractivity contribution in [3.8, 4) is 6.07 Å². The Morgan fingerprint density at radius 3 is 2.70 bits per heavy atom. The molecule has 9 nitrogen and oxygen atoms in total. The van der Waals surface area contributed by atoms with Crippen LogP contribution in [0.5, 0.6) is 0 Å². The number of pyridine rings is 1. The maximum absolute atomic E-state index is 13.3. The number of nitrogens with two attached hydrogens (primary N) is 1. The first-order valence-electron chi connectivity index (χ1n) is 9.72. The molecule has 1 aliphatic heterocycles. The van der Waals surface area contributed by atoms with Crippen molar-refractivity contribution < 1.29 is 14.3 Å². The van der Waals surface area contributed by atoms with E-state index >= 15 is 0 Å². The molecule has 1 amide bonds. The minimum Gasteiger partial charge on any atom is -0.462 e. The molecule has 1 aliphatic rings. The topological polar surface area (TPSA) is 131 Å². The number of rotatable bonds is 5. The number of aryl methyl sites for hydroxylation is 1. The van der Waals surface area contributed by atoms with E-state index in [1.165, 1.54) is 10.5 Å². The van der Waals surface area contributed by atoms with Gasteiger partial charge in [-0.15, -0.1) is 0 Å². The van der Waals surface area contributed by atoms with E-state index < -0.39 is 11.5 Å². The van der Waals surface area contributed by atoms with E-state index in [0.29, 0.717) is 37.4 Å². The van der Waals surface area contributed by atoms with Crippen LogP contribution in [0.2, 0.25) is 0 Å². The van der Waals surface area contributed by atoms with Crippen molar-refractivity contribution in [2.45, 2.75) is 26.7 Å². The lowest BCUT2D eigenvalue weighted by atomic mass is 9.96. The average molecular weight is 409 g/mol. The van der Waals surface area contributed by atoms with Gasteiger partial charge in [0.1, 0.15) is 23.1 Å². The fourth-order valence-electron chi connectivity index (χ4n) is 3.53. The number of nitrogens with zero attached hydrogens (tertiary/aromatic N) is 4. The van der Waals surface area contributed by atoms with Crippen molar-refractivity contribution in [2.24, 2.45) is 11.7 Å². The normalized spacial score (nSPS) is 15.1. The predicted molar refractivity (Wildman–Crippen MR) is 111 cm³/mol. The summed E-state index contributed by atoms with van der Waals surface area (Å²) in [6.07, 6.45) is 3.90. The summed E-state index contributed by atoms with van der Waals surface area (Å²) in [5.41, 5.74) is 6.17. The number of ether oxygens (including phenoxy) is 1. The SMILES string of the molecule is CCOC(=O)C(C#N)=Cc1c(N2CCC(C(N)=O)CC2)nc2c(C)cccn2c1=O. The third-order valence-electron chi connectivity index (χ3n) is 5.17. The van der Waals surface area contributed by atoms with Gasteiger partial charge in [0.2, 0.25) is 5.91 Å². The zero-order valence-corrected chi connectivity index (χ0v) is 16.9. The van der Waals surface area contributed by atoms with Gasteiger partial charge in [-0.3, -0.25) is 14.0 Å². The molecule has 3 heterocycles. The Balaban J connectivity index is 2.17. The smallest absolute Gasteiger partial charge is 0.348 e. The molecule has 1 fully saturated rings. The van der Waals surface area contributed by atoms with Crippen LogP contribution in [0.25, 0.3) is 11.7 Å². The molecule has 0 spiro atoms. The van der Waals surface area contributed by atoms with Crippen LogP contribution in [0.3, 0.4) is 0 Å². The number of carbonyl (C=O) groups is 2. The van der Waals surface area contributed by atoms with E-state index in [9.17, 15) is 19.6 Å². The number of piperidine rings is 1. The summed E-state index contributed by atoms with van der Waals surface area (Å²) < 4.78 is 6.31. The highest BCUT2D eigenvalue weighted by molar-refractivity contribution is 5.98. The van der Waals surface area contributed by atoms with Crippen LogP contribution in [0.15, 0.2) is 28.7 Å². The first-order chi connectivity index (χ1) is 14.4. The number of esters is 1. The average Bonchev–Trinajstić information content (AvgIpc) is 2.73. The zero-order valence-electron chi connectivity index (χ0n) is 16.9. The number of nitriles is 1. The Bertz CT molecular complexity index is 1120. The van der Waals surface area contributed by atoms with Crippen LogP contribution in [-0.4, -0.2) is 41.0 Å². The van der Waals surface area contributed by atoms with Gasteiger partial charge in [0.25, 0.3) is 5.56 Å². The van der Waals surface area contributed by atoms with Crippen LogP contribution in [-0.2, 0) is 14.3 Å². The van der Waals surface area contributed by atoms with E-state index in [2.05, 4.69) is 4.98 Å². The number of fused-ring (bicyclic) bond motifs is 1. The fourth-order valence-corrected chi connectivity index (χ4v) is 3.53. The Morgan fingerprint density at radius 1 is 1.40 bits per heavy atom. The number of primary amides is 1. The molecular weight excluding hydrogens is 386 g/mol. The Kier molecular flexibility index (Phi) is 6.16.